The van der Waals surface area contributed by atoms with E-state index in [1.54, 1.807) is 48.5 Å². The summed E-state index contributed by atoms with van der Waals surface area (Å²) in [5.41, 5.74) is 1.09. The van der Waals surface area contributed by atoms with Gasteiger partial charge in [0.2, 0.25) is 0 Å². The summed E-state index contributed by atoms with van der Waals surface area (Å²) in [7, 11) is 0. The van der Waals surface area contributed by atoms with Crippen LogP contribution in [0.1, 0.15) is 11.1 Å². The summed E-state index contributed by atoms with van der Waals surface area (Å²) in [5, 5.41) is 18.0. The maximum Gasteiger partial charge on any atom is 0.277 e. The minimum absolute atomic E-state index is 0.132. The molecule has 4 rings (SSSR count). The molecule has 2 aliphatic heterocycles. The topological polar surface area (TPSA) is 77.4 Å². The Bertz CT molecular complexity index is 794. The molecule has 2 saturated heterocycles. The number of fused-ring (bicyclic) bond motifs is 2. The highest BCUT2D eigenvalue weighted by Crippen LogP contribution is 2.43. The van der Waals surface area contributed by atoms with Crippen molar-refractivity contribution in [2.24, 2.45) is 0 Å². The summed E-state index contributed by atoms with van der Waals surface area (Å²) in [6, 6.07) is 17.8. The van der Waals surface area contributed by atoms with Gasteiger partial charge in [0.1, 0.15) is 24.4 Å². The smallest absolute Gasteiger partial charge is 0.277 e. The van der Waals surface area contributed by atoms with E-state index in [4.69, 9.17) is 42.1 Å². The lowest BCUT2D eigenvalue weighted by Crippen LogP contribution is -2.58. The van der Waals surface area contributed by atoms with E-state index in [1.165, 1.54) is 0 Å². The van der Waals surface area contributed by atoms with Crippen LogP contribution in [-0.4, -0.2) is 47.8 Å². The molecule has 6 atom stereocenters. The number of halogens is 2. The fraction of sp³-hybridized carbons (Fsp3) is 0.400. The molecule has 0 aromatic heterocycles. The van der Waals surface area contributed by atoms with Gasteiger partial charge in [-0.05, 0) is 0 Å². The summed E-state index contributed by atoms with van der Waals surface area (Å²) in [5.74, 6) is 0. The van der Waals surface area contributed by atoms with E-state index in [1.807, 2.05) is 12.1 Å². The summed E-state index contributed by atoms with van der Waals surface area (Å²) < 4.78 is 23.1. The van der Waals surface area contributed by atoms with Gasteiger partial charge in [0.05, 0.1) is 13.2 Å². The van der Waals surface area contributed by atoms with Crippen LogP contribution in [0.3, 0.4) is 0 Å². The summed E-state index contributed by atoms with van der Waals surface area (Å²) >= 11 is 13.2. The number of rotatable bonds is 2. The second-order valence-corrected chi connectivity index (χ2v) is 7.72. The molecule has 28 heavy (non-hydrogen) atoms. The van der Waals surface area contributed by atoms with Crippen LogP contribution in [0.25, 0.3) is 0 Å². The Morgan fingerprint density at radius 2 is 1.29 bits per heavy atom. The van der Waals surface area contributed by atoms with Crippen LogP contribution in [0, 0.1) is 0 Å². The van der Waals surface area contributed by atoms with Gasteiger partial charge in [-0.15, -0.1) is 0 Å². The first-order valence-electron chi connectivity index (χ1n) is 8.90. The zero-order chi connectivity index (χ0) is 19.8. The molecule has 0 aliphatic carbocycles. The molecule has 0 spiro atoms. The molecule has 2 aliphatic rings. The maximum atomic E-state index is 10.7. The van der Waals surface area contributed by atoms with Crippen LogP contribution in [0.15, 0.2) is 60.7 Å². The fourth-order valence-electron chi connectivity index (χ4n) is 3.28. The van der Waals surface area contributed by atoms with Crippen molar-refractivity contribution in [3.63, 3.8) is 0 Å². The van der Waals surface area contributed by atoms with Crippen LogP contribution in [0.5, 0.6) is 0 Å². The van der Waals surface area contributed by atoms with Crippen LogP contribution in [0.2, 0.25) is 0 Å². The largest absolute Gasteiger partial charge is 0.388 e. The average molecular weight is 427 g/mol. The molecule has 2 fully saturated rings. The molecule has 0 amide bonds. The Morgan fingerprint density at radius 1 is 0.750 bits per heavy atom. The number of hydrogen-bond donors (Lipinski definition) is 2. The van der Waals surface area contributed by atoms with Crippen molar-refractivity contribution in [1.29, 1.82) is 0 Å². The van der Waals surface area contributed by atoms with E-state index >= 15 is 0 Å². The first-order chi connectivity index (χ1) is 13.4. The highest BCUT2D eigenvalue weighted by atomic mass is 35.5. The number of alkyl halides is 2. The highest BCUT2D eigenvalue weighted by Gasteiger charge is 2.52. The third-order valence-electron chi connectivity index (χ3n) is 4.80. The van der Waals surface area contributed by atoms with E-state index < -0.39 is 34.9 Å². The number of hydrogen-bond acceptors (Lipinski definition) is 6. The normalized spacial score (nSPS) is 38.9. The number of benzene rings is 2. The van der Waals surface area contributed by atoms with Gasteiger partial charge in [-0.3, -0.25) is 0 Å². The molecule has 0 radical (unpaired) electrons. The zero-order valence-electron chi connectivity index (χ0n) is 14.8. The van der Waals surface area contributed by atoms with E-state index in [2.05, 4.69) is 0 Å². The van der Waals surface area contributed by atoms with E-state index in [0.717, 1.165) is 0 Å². The Morgan fingerprint density at radius 3 is 1.89 bits per heavy atom. The van der Waals surface area contributed by atoms with Crippen molar-refractivity contribution in [1.82, 2.24) is 0 Å². The van der Waals surface area contributed by atoms with Crippen LogP contribution >= 0.6 is 23.2 Å². The molecular formula is C20H20Cl2O6. The Hall–Kier alpha value is -1.22. The summed E-state index contributed by atoms with van der Waals surface area (Å²) in [6.45, 7) is -0.373. The Balaban J connectivity index is 1.65. The van der Waals surface area contributed by atoms with Gasteiger partial charge in [-0.25, -0.2) is 0 Å². The predicted molar refractivity (Wildman–Crippen MR) is 102 cm³/mol. The molecule has 2 bridgehead atoms. The second-order valence-electron chi connectivity index (χ2n) is 6.72. The van der Waals surface area contributed by atoms with E-state index in [9.17, 15) is 10.2 Å². The number of ether oxygens (including phenoxy) is 4. The molecule has 150 valence electrons. The van der Waals surface area contributed by atoms with Crippen molar-refractivity contribution >= 4 is 23.2 Å². The molecule has 0 saturated carbocycles. The second kappa shape index (κ2) is 7.89. The van der Waals surface area contributed by atoms with Gasteiger partial charge >= 0.3 is 0 Å². The molecule has 6 nitrogen and oxygen atoms in total. The molecule has 2 aromatic carbocycles. The quantitative estimate of drug-likeness (QED) is 0.718. The first-order valence-corrected chi connectivity index (χ1v) is 9.65. The molecule has 2 N–H and O–H groups in total. The molecule has 2 heterocycles. The van der Waals surface area contributed by atoms with Gasteiger partial charge < -0.3 is 29.2 Å². The van der Waals surface area contributed by atoms with Gasteiger partial charge in [0.15, 0.2) is 0 Å². The zero-order valence-corrected chi connectivity index (χ0v) is 16.3. The van der Waals surface area contributed by atoms with Crippen molar-refractivity contribution in [2.75, 3.05) is 13.2 Å². The monoisotopic (exact) mass is 426 g/mol. The van der Waals surface area contributed by atoms with E-state index in [-0.39, 0.29) is 13.2 Å². The van der Waals surface area contributed by atoms with E-state index in [0.29, 0.717) is 11.1 Å². The lowest BCUT2D eigenvalue weighted by Gasteiger charge is -2.44. The van der Waals surface area contributed by atoms with Crippen molar-refractivity contribution in [2.45, 2.75) is 34.9 Å². The minimum atomic E-state index is -1.69. The molecule has 2 aromatic rings. The van der Waals surface area contributed by atoms with Crippen LogP contribution < -0.4 is 0 Å². The Labute approximate surface area is 172 Å². The Kier molecular flexibility index (Phi) is 5.66. The number of aliphatic hydroxyl groups excluding tert-OH is 2. The maximum absolute atomic E-state index is 10.7. The first kappa shape index (κ1) is 20.1. The van der Waals surface area contributed by atoms with Crippen LogP contribution in [0.4, 0.5) is 0 Å². The summed E-state index contributed by atoms with van der Waals surface area (Å²) in [4.78, 5) is 0. The summed E-state index contributed by atoms with van der Waals surface area (Å²) in [6.07, 6.45) is -4.37. The SMILES string of the molecule is O[C@@H]1[C@H]2OC(Cl)(c3ccccc3)O[C@H]1COC(Cl)(c1ccccc1)OC[C@H]2O. The van der Waals surface area contributed by atoms with Crippen molar-refractivity contribution in [3.05, 3.63) is 71.8 Å². The van der Waals surface area contributed by atoms with Gasteiger partial charge in [-0.2, -0.15) is 0 Å². The lowest BCUT2D eigenvalue weighted by molar-refractivity contribution is -0.333. The van der Waals surface area contributed by atoms with Crippen molar-refractivity contribution in [3.8, 4) is 0 Å². The third kappa shape index (κ3) is 3.79. The fourth-order valence-corrected chi connectivity index (χ4v) is 3.88. The third-order valence-corrected chi connectivity index (χ3v) is 5.63. The average Bonchev–Trinajstić information content (AvgIpc) is 2.75. The molecular weight excluding hydrogens is 407 g/mol. The van der Waals surface area contributed by atoms with Gasteiger partial charge in [-0.1, -0.05) is 83.9 Å². The van der Waals surface area contributed by atoms with Crippen molar-refractivity contribution < 1.29 is 29.2 Å². The predicted octanol–water partition coefficient (Wildman–Crippen LogP) is 2.64. The van der Waals surface area contributed by atoms with Gasteiger partial charge in [0.25, 0.3) is 10.5 Å². The highest BCUT2D eigenvalue weighted by molar-refractivity contribution is 6.22. The standard InChI is InChI=1S/C20H20Cl2O6/c21-19(13-7-3-1-4-8-13)25-11-15(23)18-17(24)16(12-26-19)27-20(22,28-18)14-9-5-2-6-10-14/h1-10,15-18,23-24H,11-12H2/t15-,16+,17+,18+,19?,20?/m1/s1. The van der Waals surface area contributed by atoms with Gasteiger partial charge in [0, 0.05) is 11.1 Å². The minimum Gasteiger partial charge on any atom is -0.388 e. The number of aliphatic hydroxyl groups is 2. The van der Waals surface area contributed by atoms with Crippen LogP contribution in [-0.2, 0) is 29.4 Å². The lowest BCUT2D eigenvalue weighted by atomic mass is 10.0. The molecule has 2 unspecified atom stereocenters. The molecule has 8 heteroatoms.